The monoisotopic (exact) mass is 155 g/mol. The molecule has 0 N–H and O–H groups in total. The molecule has 1 fully saturated rings. The lowest BCUT2D eigenvalue weighted by atomic mass is 10.2. The molecule has 0 aliphatic carbocycles. The van der Waals surface area contributed by atoms with Gasteiger partial charge in [-0.1, -0.05) is 6.08 Å². The van der Waals surface area contributed by atoms with Gasteiger partial charge in [0.05, 0.1) is 6.61 Å². The molecule has 0 amide bonds. The fourth-order valence-corrected chi connectivity index (χ4v) is 1.72. The molecule has 2 nitrogen and oxygen atoms in total. The Hall–Kier alpha value is -0.340. The summed E-state index contributed by atoms with van der Waals surface area (Å²) in [7, 11) is 3.90. The van der Waals surface area contributed by atoms with E-state index in [1.807, 2.05) is 6.08 Å². The molecule has 0 bridgehead atoms. The second-order valence-electron chi connectivity index (χ2n) is 3.16. The van der Waals surface area contributed by atoms with Gasteiger partial charge in [0.25, 0.3) is 0 Å². The summed E-state index contributed by atoms with van der Waals surface area (Å²) in [5, 5.41) is 0. The van der Waals surface area contributed by atoms with Gasteiger partial charge in [0, 0.05) is 19.2 Å². The largest absolute Gasteiger partial charge is 0.383 e. The molecule has 2 heteroatoms. The van der Waals surface area contributed by atoms with Gasteiger partial charge in [-0.25, -0.2) is 0 Å². The highest BCUT2D eigenvalue weighted by Crippen LogP contribution is 2.22. The van der Waals surface area contributed by atoms with Crippen molar-refractivity contribution in [3.8, 4) is 0 Å². The summed E-state index contributed by atoms with van der Waals surface area (Å²) in [5.41, 5.74) is 0. The molecule has 0 radical (unpaired) electrons. The molecule has 1 rings (SSSR count). The maximum Gasteiger partial charge on any atom is 0.0618 e. The Labute approximate surface area is 68.8 Å². The van der Waals surface area contributed by atoms with Crippen molar-refractivity contribution >= 4 is 0 Å². The first kappa shape index (κ1) is 8.75. The van der Waals surface area contributed by atoms with Gasteiger partial charge in [-0.05, 0) is 19.9 Å². The molecule has 1 saturated heterocycles. The van der Waals surface area contributed by atoms with Crippen LogP contribution in [-0.2, 0) is 4.74 Å². The Bertz CT molecular complexity index is 136. The van der Waals surface area contributed by atoms with Crippen LogP contribution in [0.15, 0.2) is 12.7 Å². The molecular formula is C9H17NO. The third-order valence-electron chi connectivity index (χ3n) is 2.53. The molecule has 64 valence electrons. The Morgan fingerprint density at radius 1 is 1.64 bits per heavy atom. The first-order valence-electron chi connectivity index (χ1n) is 4.13. The second-order valence-corrected chi connectivity index (χ2v) is 3.16. The van der Waals surface area contributed by atoms with Crippen molar-refractivity contribution < 1.29 is 4.74 Å². The predicted octanol–water partition coefficient (Wildman–Crippen LogP) is 1.28. The van der Waals surface area contributed by atoms with Crippen molar-refractivity contribution in [1.29, 1.82) is 0 Å². The molecule has 0 unspecified atom stereocenters. The van der Waals surface area contributed by atoms with Crippen LogP contribution in [0, 0.1) is 0 Å². The minimum atomic E-state index is 0.565. The summed E-state index contributed by atoms with van der Waals surface area (Å²) >= 11 is 0. The Balaban J connectivity index is 2.41. The smallest absolute Gasteiger partial charge is 0.0618 e. The lowest BCUT2D eigenvalue weighted by Gasteiger charge is -2.22. The molecule has 1 aliphatic heterocycles. The summed E-state index contributed by atoms with van der Waals surface area (Å²) < 4.78 is 5.11. The van der Waals surface area contributed by atoms with Crippen molar-refractivity contribution in [2.75, 3.05) is 20.8 Å². The maximum absolute atomic E-state index is 5.11. The lowest BCUT2D eigenvalue weighted by Crippen LogP contribution is -2.33. The molecule has 0 aromatic carbocycles. The van der Waals surface area contributed by atoms with E-state index >= 15 is 0 Å². The minimum absolute atomic E-state index is 0.565. The predicted molar refractivity (Wildman–Crippen MR) is 46.6 cm³/mol. The third-order valence-corrected chi connectivity index (χ3v) is 2.53. The van der Waals surface area contributed by atoms with Crippen LogP contribution in [0.1, 0.15) is 12.8 Å². The summed E-state index contributed by atoms with van der Waals surface area (Å²) in [6, 6.07) is 1.16. The van der Waals surface area contributed by atoms with E-state index in [0.717, 1.165) is 6.61 Å². The van der Waals surface area contributed by atoms with Gasteiger partial charge < -0.3 is 4.74 Å². The van der Waals surface area contributed by atoms with Crippen LogP contribution in [0.5, 0.6) is 0 Å². The zero-order chi connectivity index (χ0) is 8.27. The number of likely N-dealkylation sites (N-methyl/N-ethyl adjacent to an activating group) is 1. The van der Waals surface area contributed by atoms with E-state index in [-0.39, 0.29) is 0 Å². The number of ether oxygens (including phenoxy) is 1. The van der Waals surface area contributed by atoms with E-state index in [0.29, 0.717) is 12.1 Å². The average molecular weight is 155 g/mol. The third kappa shape index (κ3) is 1.82. The van der Waals surface area contributed by atoms with Gasteiger partial charge in [0.15, 0.2) is 0 Å². The fourth-order valence-electron chi connectivity index (χ4n) is 1.72. The lowest BCUT2D eigenvalue weighted by molar-refractivity contribution is 0.121. The molecule has 2 atom stereocenters. The molecule has 1 heterocycles. The summed E-state index contributed by atoms with van der Waals surface area (Å²) in [6.45, 7) is 4.65. The highest BCUT2D eigenvalue weighted by molar-refractivity contribution is 4.95. The standard InChI is InChI=1S/C9H17NO/c1-4-8-5-6-9(7-11-3)10(8)2/h4,8-9H,1,5-7H2,2-3H3/t8-,9+/m1/s1. The quantitative estimate of drug-likeness (QED) is 0.569. The van der Waals surface area contributed by atoms with E-state index in [4.69, 9.17) is 4.74 Å². The minimum Gasteiger partial charge on any atom is -0.383 e. The molecule has 0 spiro atoms. The van der Waals surface area contributed by atoms with Gasteiger partial charge in [-0.15, -0.1) is 6.58 Å². The van der Waals surface area contributed by atoms with Crippen LogP contribution in [0.3, 0.4) is 0 Å². The number of hydrogen-bond acceptors (Lipinski definition) is 2. The molecular weight excluding hydrogens is 138 g/mol. The number of methoxy groups -OCH3 is 1. The first-order chi connectivity index (χ1) is 5.29. The molecule has 0 aromatic rings. The number of hydrogen-bond donors (Lipinski definition) is 0. The van der Waals surface area contributed by atoms with Crippen LogP contribution in [0.25, 0.3) is 0 Å². The molecule has 11 heavy (non-hydrogen) atoms. The van der Waals surface area contributed by atoms with Crippen LogP contribution >= 0.6 is 0 Å². The maximum atomic E-state index is 5.11. The van der Waals surface area contributed by atoms with E-state index in [1.54, 1.807) is 7.11 Å². The van der Waals surface area contributed by atoms with E-state index < -0.39 is 0 Å². The van der Waals surface area contributed by atoms with E-state index in [1.165, 1.54) is 12.8 Å². The molecule has 0 aromatic heterocycles. The van der Waals surface area contributed by atoms with Crippen molar-refractivity contribution in [3.63, 3.8) is 0 Å². The van der Waals surface area contributed by atoms with E-state index in [9.17, 15) is 0 Å². The van der Waals surface area contributed by atoms with Crippen LogP contribution in [0.4, 0.5) is 0 Å². The number of rotatable bonds is 3. The van der Waals surface area contributed by atoms with Crippen LogP contribution < -0.4 is 0 Å². The van der Waals surface area contributed by atoms with Crippen molar-refractivity contribution in [3.05, 3.63) is 12.7 Å². The Morgan fingerprint density at radius 2 is 2.36 bits per heavy atom. The summed E-state index contributed by atoms with van der Waals surface area (Å²) in [6.07, 6.45) is 4.49. The normalized spacial score (nSPS) is 32.5. The van der Waals surface area contributed by atoms with Gasteiger partial charge in [-0.2, -0.15) is 0 Å². The van der Waals surface area contributed by atoms with Gasteiger partial charge in [0.1, 0.15) is 0 Å². The van der Waals surface area contributed by atoms with Crippen molar-refractivity contribution in [2.24, 2.45) is 0 Å². The highest BCUT2D eigenvalue weighted by Gasteiger charge is 2.27. The zero-order valence-corrected chi connectivity index (χ0v) is 7.42. The molecule has 1 aliphatic rings. The van der Waals surface area contributed by atoms with Crippen molar-refractivity contribution in [2.45, 2.75) is 24.9 Å². The van der Waals surface area contributed by atoms with Crippen LogP contribution in [-0.4, -0.2) is 37.7 Å². The zero-order valence-electron chi connectivity index (χ0n) is 7.42. The summed E-state index contributed by atoms with van der Waals surface area (Å²) in [4.78, 5) is 2.34. The second kappa shape index (κ2) is 3.88. The fraction of sp³-hybridized carbons (Fsp3) is 0.778. The topological polar surface area (TPSA) is 12.5 Å². The first-order valence-corrected chi connectivity index (χ1v) is 4.13. The Morgan fingerprint density at radius 3 is 2.82 bits per heavy atom. The number of likely N-dealkylation sites (tertiary alicyclic amines) is 1. The molecule has 0 saturated carbocycles. The van der Waals surface area contributed by atoms with Gasteiger partial charge in [-0.3, -0.25) is 4.90 Å². The van der Waals surface area contributed by atoms with Crippen molar-refractivity contribution in [1.82, 2.24) is 4.90 Å². The van der Waals surface area contributed by atoms with Crippen LogP contribution in [0.2, 0.25) is 0 Å². The van der Waals surface area contributed by atoms with Gasteiger partial charge in [0.2, 0.25) is 0 Å². The van der Waals surface area contributed by atoms with E-state index in [2.05, 4.69) is 18.5 Å². The highest BCUT2D eigenvalue weighted by atomic mass is 16.5. The SMILES string of the molecule is C=C[C@@H]1CC[C@@H](COC)N1C. The average Bonchev–Trinajstić information content (AvgIpc) is 2.34. The van der Waals surface area contributed by atoms with Gasteiger partial charge >= 0.3 is 0 Å². The Kier molecular flexibility index (Phi) is 3.09. The number of nitrogens with zero attached hydrogens (tertiary/aromatic N) is 1. The summed E-state index contributed by atoms with van der Waals surface area (Å²) in [5.74, 6) is 0.